The van der Waals surface area contributed by atoms with Crippen LogP contribution in [0.2, 0.25) is 0 Å². The number of aromatic nitrogens is 1. The zero-order valence-electron chi connectivity index (χ0n) is 10.7. The summed E-state index contributed by atoms with van der Waals surface area (Å²) in [7, 11) is 0. The average Bonchev–Trinajstić information content (AvgIpc) is 2.83. The highest BCUT2D eigenvalue weighted by Gasteiger charge is 2.11. The number of nitrogens with zero attached hydrogens (tertiary/aromatic N) is 1. The monoisotopic (exact) mass is 286 g/mol. The molecule has 0 aliphatic carbocycles. The molecule has 5 heteroatoms. The van der Waals surface area contributed by atoms with Crippen molar-refractivity contribution in [3.63, 3.8) is 0 Å². The second-order valence-corrected chi connectivity index (χ2v) is 5.44. The predicted octanol–water partition coefficient (Wildman–Crippen LogP) is 4.00. The summed E-state index contributed by atoms with van der Waals surface area (Å²) in [5.74, 6) is -0.745. The van der Waals surface area contributed by atoms with Crippen molar-refractivity contribution in [1.29, 1.82) is 0 Å². The van der Waals surface area contributed by atoms with Crippen LogP contribution in [0.5, 0.6) is 0 Å². The maximum absolute atomic E-state index is 13.5. The molecule has 20 heavy (non-hydrogen) atoms. The second-order valence-electron chi connectivity index (χ2n) is 4.40. The number of anilines is 1. The van der Waals surface area contributed by atoms with Crippen LogP contribution in [0.1, 0.15) is 15.9 Å². The molecular weight excluding hydrogens is 275 g/mol. The van der Waals surface area contributed by atoms with Gasteiger partial charge in [0.15, 0.2) is 5.13 Å². The molecule has 0 bridgehead atoms. The lowest BCUT2D eigenvalue weighted by molar-refractivity contribution is 0.102. The van der Waals surface area contributed by atoms with Gasteiger partial charge in [-0.1, -0.05) is 29.5 Å². The molecule has 3 aromatic rings. The minimum Gasteiger partial charge on any atom is -0.298 e. The topological polar surface area (TPSA) is 42.0 Å². The second kappa shape index (κ2) is 5.02. The summed E-state index contributed by atoms with van der Waals surface area (Å²) in [5.41, 5.74) is 1.64. The largest absolute Gasteiger partial charge is 0.298 e. The summed E-state index contributed by atoms with van der Waals surface area (Å²) in [6.45, 7) is 1.66. The summed E-state index contributed by atoms with van der Waals surface area (Å²) >= 11 is 1.39. The number of hydrogen-bond donors (Lipinski definition) is 1. The minimum atomic E-state index is -0.387. The molecule has 0 aliphatic heterocycles. The number of nitrogens with one attached hydrogen (secondary N) is 1. The van der Waals surface area contributed by atoms with Gasteiger partial charge >= 0.3 is 0 Å². The van der Waals surface area contributed by atoms with Crippen molar-refractivity contribution in [3.05, 3.63) is 59.4 Å². The minimum absolute atomic E-state index is 0.285. The number of halogens is 1. The van der Waals surface area contributed by atoms with Gasteiger partial charge in [-0.3, -0.25) is 10.1 Å². The van der Waals surface area contributed by atoms with Crippen molar-refractivity contribution in [2.45, 2.75) is 6.92 Å². The summed E-state index contributed by atoms with van der Waals surface area (Å²) in [6.07, 6.45) is 0. The Kier molecular flexibility index (Phi) is 3.20. The molecule has 0 radical (unpaired) electrons. The normalized spacial score (nSPS) is 10.7. The first-order valence-corrected chi connectivity index (χ1v) is 6.88. The Morgan fingerprint density at radius 2 is 2.05 bits per heavy atom. The van der Waals surface area contributed by atoms with Gasteiger partial charge < -0.3 is 0 Å². The first-order chi connectivity index (χ1) is 9.63. The molecule has 1 amide bonds. The van der Waals surface area contributed by atoms with E-state index in [0.29, 0.717) is 10.7 Å². The van der Waals surface area contributed by atoms with E-state index in [9.17, 15) is 9.18 Å². The molecule has 0 atom stereocenters. The highest BCUT2D eigenvalue weighted by molar-refractivity contribution is 7.22. The molecule has 0 aliphatic rings. The fourth-order valence-electron chi connectivity index (χ4n) is 1.83. The van der Waals surface area contributed by atoms with Crippen LogP contribution in [-0.4, -0.2) is 10.9 Å². The van der Waals surface area contributed by atoms with Crippen LogP contribution >= 0.6 is 11.3 Å². The van der Waals surface area contributed by atoms with Crippen molar-refractivity contribution in [1.82, 2.24) is 4.98 Å². The molecule has 0 unspecified atom stereocenters. The number of rotatable bonds is 2. The van der Waals surface area contributed by atoms with Crippen LogP contribution < -0.4 is 5.32 Å². The highest BCUT2D eigenvalue weighted by atomic mass is 32.1. The van der Waals surface area contributed by atoms with Gasteiger partial charge in [0.25, 0.3) is 5.91 Å². The number of thiazole rings is 1. The molecule has 0 spiro atoms. The van der Waals surface area contributed by atoms with E-state index < -0.39 is 0 Å². The van der Waals surface area contributed by atoms with Crippen molar-refractivity contribution in [3.8, 4) is 0 Å². The van der Waals surface area contributed by atoms with Gasteiger partial charge in [0.1, 0.15) is 5.82 Å². The van der Waals surface area contributed by atoms with E-state index in [1.807, 2.05) is 24.3 Å². The van der Waals surface area contributed by atoms with Crippen LogP contribution in [-0.2, 0) is 0 Å². The third-order valence-electron chi connectivity index (χ3n) is 2.95. The number of fused-ring (bicyclic) bond motifs is 1. The first-order valence-electron chi connectivity index (χ1n) is 6.06. The number of amides is 1. The maximum Gasteiger partial charge on any atom is 0.257 e. The standard InChI is InChI=1S/C15H11FN2OS/c1-9-6-7-10(8-11(9)16)14(19)18-15-17-12-4-2-3-5-13(12)20-15/h2-8H,1H3,(H,17,18,19). The fourth-order valence-corrected chi connectivity index (χ4v) is 2.69. The van der Waals surface area contributed by atoms with Crippen LogP contribution in [0, 0.1) is 12.7 Å². The van der Waals surface area contributed by atoms with Gasteiger partial charge in [0.05, 0.1) is 10.2 Å². The number of carbonyl (C=O) groups excluding carboxylic acids is 1. The van der Waals surface area contributed by atoms with Gasteiger partial charge in [-0.2, -0.15) is 0 Å². The molecule has 1 aromatic heterocycles. The molecule has 0 saturated heterocycles. The lowest BCUT2D eigenvalue weighted by Gasteiger charge is -2.03. The average molecular weight is 286 g/mol. The summed E-state index contributed by atoms with van der Waals surface area (Å²) in [5, 5.41) is 3.21. The molecule has 2 aromatic carbocycles. The lowest BCUT2D eigenvalue weighted by Crippen LogP contribution is -2.12. The Labute approximate surface area is 119 Å². The first kappa shape index (κ1) is 12.7. The summed E-state index contributed by atoms with van der Waals surface area (Å²) in [4.78, 5) is 16.4. The molecule has 3 nitrogen and oxygen atoms in total. The highest BCUT2D eigenvalue weighted by Crippen LogP contribution is 2.25. The van der Waals surface area contributed by atoms with Gasteiger partial charge in [-0.15, -0.1) is 0 Å². The van der Waals surface area contributed by atoms with Gasteiger partial charge in [0, 0.05) is 5.56 Å². The van der Waals surface area contributed by atoms with Gasteiger partial charge in [0.2, 0.25) is 0 Å². The zero-order valence-corrected chi connectivity index (χ0v) is 11.5. The zero-order chi connectivity index (χ0) is 14.1. The Hall–Kier alpha value is -2.27. The number of hydrogen-bond acceptors (Lipinski definition) is 3. The number of para-hydroxylation sites is 1. The number of aryl methyl sites for hydroxylation is 1. The van der Waals surface area contributed by atoms with Crippen LogP contribution in [0.25, 0.3) is 10.2 Å². The Balaban J connectivity index is 1.86. The Bertz CT molecular complexity index is 764. The predicted molar refractivity (Wildman–Crippen MR) is 78.7 cm³/mol. The fraction of sp³-hybridized carbons (Fsp3) is 0.0667. The quantitative estimate of drug-likeness (QED) is 0.773. The maximum atomic E-state index is 13.5. The van der Waals surface area contributed by atoms with Crippen LogP contribution in [0.15, 0.2) is 42.5 Å². The SMILES string of the molecule is Cc1ccc(C(=O)Nc2nc3ccccc3s2)cc1F. The van der Waals surface area contributed by atoms with Crippen molar-refractivity contribution in [2.24, 2.45) is 0 Å². The van der Waals surface area contributed by atoms with E-state index in [2.05, 4.69) is 10.3 Å². The van der Waals surface area contributed by atoms with Crippen molar-refractivity contribution < 1.29 is 9.18 Å². The van der Waals surface area contributed by atoms with E-state index in [-0.39, 0.29) is 17.3 Å². The van der Waals surface area contributed by atoms with Crippen molar-refractivity contribution in [2.75, 3.05) is 5.32 Å². The summed E-state index contributed by atoms with van der Waals surface area (Å²) < 4.78 is 14.5. The van der Waals surface area contributed by atoms with E-state index in [1.54, 1.807) is 19.1 Å². The Morgan fingerprint density at radius 1 is 1.25 bits per heavy atom. The third kappa shape index (κ3) is 2.40. The third-order valence-corrected chi connectivity index (χ3v) is 3.90. The summed E-state index contributed by atoms with van der Waals surface area (Å²) in [6, 6.07) is 12.0. The van der Waals surface area contributed by atoms with E-state index in [1.165, 1.54) is 17.4 Å². The van der Waals surface area contributed by atoms with E-state index in [0.717, 1.165) is 10.2 Å². The van der Waals surface area contributed by atoms with Gasteiger partial charge in [-0.05, 0) is 36.8 Å². The molecule has 1 N–H and O–H groups in total. The molecule has 0 fully saturated rings. The molecule has 0 saturated carbocycles. The van der Waals surface area contributed by atoms with Crippen LogP contribution in [0.4, 0.5) is 9.52 Å². The number of benzene rings is 2. The van der Waals surface area contributed by atoms with E-state index >= 15 is 0 Å². The Morgan fingerprint density at radius 3 is 2.80 bits per heavy atom. The van der Waals surface area contributed by atoms with Crippen LogP contribution in [0.3, 0.4) is 0 Å². The number of carbonyl (C=O) groups is 1. The lowest BCUT2D eigenvalue weighted by atomic mass is 10.1. The molecule has 1 heterocycles. The van der Waals surface area contributed by atoms with E-state index in [4.69, 9.17) is 0 Å². The molecular formula is C15H11FN2OS. The smallest absolute Gasteiger partial charge is 0.257 e. The van der Waals surface area contributed by atoms with Gasteiger partial charge in [-0.25, -0.2) is 9.37 Å². The van der Waals surface area contributed by atoms with Crippen molar-refractivity contribution >= 4 is 32.6 Å². The molecule has 3 rings (SSSR count). The molecule has 100 valence electrons.